The Morgan fingerprint density at radius 1 is 0.939 bits per heavy atom. The normalized spacial score (nSPS) is 11.8. The average Bonchev–Trinajstić information content (AvgIpc) is 3.46. The summed E-state index contributed by atoms with van der Waals surface area (Å²) >= 11 is 2.42. The Balaban J connectivity index is 1.89. The second kappa shape index (κ2) is 9.51. The zero-order valence-electron chi connectivity index (χ0n) is 18.1. The van der Waals surface area contributed by atoms with E-state index in [-0.39, 0.29) is 23.4 Å². The third kappa shape index (κ3) is 4.64. The summed E-state index contributed by atoms with van der Waals surface area (Å²) in [7, 11) is 3.13. The molecule has 0 atom stereocenters. The standard InChI is InChI=1S/C24H20N2O5S2/c1-13-10-15(5-8-20(13)30-2)23(27)17(12-16-6-9-21(31-3)32-16)22(24(28)29)14-4-7-18-19(11-14)26-33-25-18/h4-11H,12H2,1-3H3,(H,28,29). The number of carboxylic acid groups (broad SMARTS) is 1. The van der Waals surface area contributed by atoms with Crippen LogP contribution < -0.4 is 9.47 Å². The van der Waals surface area contributed by atoms with Crippen LogP contribution in [0.15, 0.2) is 54.1 Å². The van der Waals surface area contributed by atoms with E-state index in [4.69, 9.17) is 9.47 Å². The number of methoxy groups -OCH3 is 2. The van der Waals surface area contributed by atoms with Crippen LogP contribution in [0.4, 0.5) is 0 Å². The second-order valence-electron chi connectivity index (χ2n) is 7.24. The van der Waals surface area contributed by atoms with Crippen LogP contribution in [0.1, 0.15) is 26.4 Å². The van der Waals surface area contributed by atoms with Gasteiger partial charge in [-0.2, -0.15) is 8.75 Å². The molecule has 168 valence electrons. The number of thiophene rings is 1. The summed E-state index contributed by atoms with van der Waals surface area (Å²) in [6.07, 6.45) is 0.146. The van der Waals surface area contributed by atoms with Crippen LogP contribution in [0.5, 0.6) is 10.8 Å². The molecule has 0 bridgehead atoms. The van der Waals surface area contributed by atoms with Gasteiger partial charge in [-0.1, -0.05) is 6.07 Å². The molecule has 33 heavy (non-hydrogen) atoms. The zero-order chi connectivity index (χ0) is 23.5. The van der Waals surface area contributed by atoms with Crippen LogP contribution in [0.3, 0.4) is 0 Å². The van der Waals surface area contributed by atoms with E-state index in [0.29, 0.717) is 33.0 Å². The molecule has 0 fully saturated rings. The molecule has 7 nitrogen and oxygen atoms in total. The van der Waals surface area contributed by atoms with E-state index in [0.717, 1.165) is 22.2 Å². The fraction of sp³-hybridized carbons (Fsp3) is 0.167. The predicted molar refractivity (Wildman–Crippen MR) is 129 cm³/mol. The van der Waals surface area contributed by atoms with Crippen molar-refractivity contribution in [2.45, 2.75) is 13.3 Å². The van der Waals surface area contributed by atoms with Crippen molar-refractivity contribution in [2.24, 2.45) is 0 Å². The largest absolute Gasteiger partial charge is 0.496 e. The molecule has 0 saturated heterocycles. The zero-order valence-corrected chi connectivity index (χ0v) is 19.8. The van der Waals surface area contributed by atoms with Crippen LogP contribution in [0.25, 0.3) is 16.6 Å². The van der Waals surface area contributed by atoms with Crippen molar-refractivity contribution < 1.29 is 24.2 Å². The summed E-state index contributed by atoms with van der Waals surface area (Å²) in [5, 5.41) is 10.9. The molecular weight excluding hydrogens is 460 g/mol. The van der Waals surface area contributed by atoms with Gasteiger partial charge in [-0.05, 0) is 60.5 Å². The van der Waals surface area contributed by atoms with Crippen molar-refractivity contribution in [3.05, 3.63) is 75.7 Å². The number of aliphatic carboxylic acids is 1. The van der Waals surface area contributed by atoms with Crippen molar-refractivity contribution >= 4 is 51.4 Å². The SMILES string of the molecule is COc1ccc(CC(C(=O)c2ccc(OC)c(C)c2)=C(C(=O)O)c2ccc3nsnc3c2)s1. The molecule has 0 spiro atoms. The van der Waals surface area contributed by atoms with E-state index >= 15 is 0 Å². The summed E-state index contributed by atoms with van der Waals surface area (Å²) in [4.78, 5) is 27.0. The Bertz CT molecular complexity index is 1390. The van der Waals surface area contributed by atoms with Crippen LogP contribution in [0, 0.1) is 6.92 Å². The molecule has 0 amide bonds. The molecule has 0 unspecified atom stereocenters. The van der Waals surface area contributed by atoms with Crippen LogP contribution in [-0.4, -0.2) is 39.8 Å². The van der Waals surface area contributed by atoms with E-state index in [1.807, 2.05) is 13.0 Å². The highest BCUT2D eigenvalue weighted by molar-refractivity contribution is 7.13. The minimum atomic E-state index is -1.19. The number of nitrogens with zero attached hydrogens (tertiary/aromatic N) is 2. The molecule has 2 aromatic carbocycles. The van der Waals surface area contributed by atoms with E-state index in [2.05, 4.69) is 8.75 Å². The summed E-state index contributed by atoms with van der Waals surface area (Å²) in [5.74, 6) is -0.892. The number of hydrogen-bond acceptors (Lipinski definition) is 8. The number of rotatable bonds is 8. The predicted octanol–water partition coefficient (Wildman–Crippen LogP) is 5.04. The van der Waals surface area contributed by atoms with Gasteiger partial charge in [-0.15, -0.1) is 11.3 Å². The van der Waals surface area contributed by atoms with Crippen molar-refractivity contribution in [2.75, 3.05) is 14.2 Å². The number of carboxylic acids is 1. The molecule has 9 heteroatoms. The lowest BCUT2D eigenvalue weighted by atomic mass is 9.90. The van der Waals surface area contributed by atoms with Crippen LogP contribution in [0.2, 0.25) is 0 Å². The maximum Gasteiger partial charge on any atom is 0.336 e. The van der Waals surface area contributed by atoms with Gasteiger partial charge in [0.1, 0.15) is 16.8 Å². The van der Waals surface area contributed by atoms with Gasteiger partial charge in [0.15, 0.2) is 10.8 Å². The van der Waals surface area contributed by atoms with Crippen LogP contribution in [-0.2, 0) is 11.2 Å². The van der Waals surface area contributed by atoms with Crippen molar-refractivity contribution in [1.82, 2.24) is 8.75 Å². The first-order valence-electron chi connectivity index (χ1n) is 9.92. The maximum atomic E-state index is 13.7. The second-order valence-corrected chi connectivity index (χ2v) is 8.90. The minimum Gasteiger partial charge on any atom is -0.496 e. The van der Waals surface area contributed by atoms with Gasteiger partial charge in [0.2, 0.25) is 0 Å². The number of aromatic nitrogens is 2. The van der Waals surface area contributed by atoms with Gasteiger partial charge in [0.25, 0.3) is 0 Å². The summed E-state index contributed by atoms with van der Waals surface area (Å²) in [6.45, 7) is 1.84. The molecule has 2 heterocycles. The van der Waals surface area contributed by atoms with Crippen molar-refractivity contribution in [1.29, 1.82) is 0 Å². The first kappa shape index (κ1) is 22.6. The molecule has 1 N–H and O–H groups in total. The molecule has 2 aromatic heterocycles. The van der Waals surface area contributed by atoms with E-state index in [1.165, 1.54) is 11.3 Å². The monoisotopic (exact) mass is 480 g/mol. The third-order valence-corrected chi connectivity index (χ3v) is 6.78. The third-order valence-electron chi connectivity index (χ3n) is 5.18. The number of benzene rings is 2. The van der Waals surface area contributed by atoms with Gasteiger partial charge >= 0.3 is 5.97 Å². The molecule has 4 aromatic rings. The first-order valence-corrected chi connectivity index (χ1v) is 11.5. The molecule has 0 radical (unpaired) electrons. The highest BCUT2D eigenvalue weighted by Gasteiger charge is 2.25. The number of carbonyl (C=O) groups is 2. The van der Waals surface area contributed by atoms with Gasteiger partial charge in [-0.3, -0.25) is 4.79 Å². The fourth-order valence-electron chi connectivity index (χ4n) is 3.58. The van der Waals surface area contributed by atoms with Gasteiger partial charge < -0.3 is 14.6 Å². The fourth-order valence-corrected chi connectivity index (χ4v) is 4.93. The molecule has 0 aliphatic rings. The lowest BCUT2D eigenvalue weighted by molar-refractivity contribution is -0.130. The number of hydrogen-bond donors (Lipinski definition) is 1. The smallest absolute Gasteiger partial charge is 0.336 e. The lowest BCUT2D eigenvalue weighted by Crippen LogP contribution is -2.14. The van der Waals surface area contributed by atoms with Crippen molar-refractivity contribution in [3.63, 3.8) is 0 Å². The van der Waals surface area contributed by atoms with Crippen LogP contribution >= 0.6 is 23.1 Å². The average molecular weight is 481 g/mol. The number of fused-ring (bicyclic) bond motifs is 1. The summed E-state index contributed by atoms with van der Waals surface area (Å²) < 4.78 is 19.0. The molecule has 0 aliphatic heterocycles. The number of aryl methyl sites for hydroxylation is 1. The molecule has 0 aliphatic carbocycles. The lowest BCUT2D eigenvalue weighted by Gasteiger charge is -2.13. The van der Waals surface area contributed by atoms with Gasteiger partial charge in [0.05, 0.1) is 31.5 Å². The summed E-state index contributed by atoms with van der Waals surface area (Å²) in [5.41, 5.74) is 2.96. The number of Topliss-reactive ketones (excluding diaryl/α,β-unsaturated/α-hetero) is 1. The number of ketones is 1. The molecule has 0 saturated carbocycles. The quantitative estimate of drug-likeness (QED) is 0.279. The summed E-state index contributed by atoms with van der Waals surface area (Å²) in [6, 6.07) is 13.7. The Hall–Kier alpha value is -3.56. The number of allylic oxidation sites excluding steroid dienone is 1. The van der Waals surface area contributed by atoms with E-state index in [1.54, 1.807) is 56.7 Å². The van der Waals surface area contributed by atoms with Gasteiger partial charge in [-0.25, -0.2) is 4.79 Å². The first-order chi connectivity index (χ1) is 15.9. The highest BCUT2D eigenvalue weighted by Crippen LogP contribution is 2.32. The number of ether oxygens (including phenoxy) is 2. The molecule has 4 rings (SSSR count). The Kier molecular flexibility index (Phi) is 6.52. The Labute approximate surface area is 198 Å². The Morgan fingerprint density at radius 2 is 1.70 bits per heavy atom. The topological polar surface area (TPSA) is 98.6 Å². The van der Waals surface area contributed by atoms with Crippen molar-refractivity contribution in [3.8, 4) is 10.8 Å². The Morgan fingerprint density at radius 3 is 2.36 bits per heavy atom. The minimum absolute atomic E-state index is 0.0595. The van der Waals surface area contributed by atoms with Gasteiger partial charge in [0, 0.05) is 22.4 Å². The number of carbonyl (C=O) groups excluding carboxylic acids is 1. The van der Waals surface area contributed by atoms with E-state index in [9.17, 15) is 14.7 Å². The molecular formula is C24H20N2O5S2. The van der Waals surface area contributed by atoms with E-state index < -0.39 is 5.97 Å². The maximum absolute atomic E-state index is 13.7. The highest BCUT2D eigenvalue weighted by atomic mass is 32.1.